The number of hydrogen-bond donors (Lipinski definition) is 0. The van der Waals surface area contributed by atoms with Gasteiger partial charge in [-0.25, -0.2) is 0 Å². The fourth-order valence-corrected chi connectivity index (χ4v) is 2.68. The van der Waals surface area contributed by atoms with Gasteiger partial charge in [0.05, 0.1) is 0 Å². The summed E-state index contributed by atoms with van der Waals surface area (Å²) in [5, 5.41) is 0. The number of para-hydroxylation sites is 2. The highest BCUT2D eigenvalue weighted by molar-refractivity contribution is 5.65. The van der Waals surface area contributed by atoms with E-state index in [1.807, 2.05) is 84.9 Å². The van der Waals surface area contributed by atoms with Gasteiger partial charge in [-0.3, -0.25) is 0 Å². The van der Waals surface area contributed by atoms with E-state index < -0.39 is 0 Å². The second-order valence-corrected chi connectivity index (χ2v) is 5.88. The molecule has 0 atom stereocenters. The SMILES string of the molecule is c1ccc(Oc2ccc(-c3ccc(Oc4ccccc4)cc3)cc2)cc1. The Morgan fingerprint density at radius 2 is 0.615 bits per heavy atom. The molecular weight excluding hydrogens is 320 g/mol. The Labute approximate surface area is 153 Å². The van der Waals surface area contributed by atoms with Crippen molar-refractivity contribution in [2.75, 3.05) is 0 Å². The Kier molecular flexibility index (Phi) is 4.66. The highest BCUT2D eigenvalue weighted by Crippen LogP contribution is 2.28. The van der Waals surface area contributed by atoms with Gasteiger partial charge in [0.15, 0.2) is 0 Å². The van der Waals surface area contributed by atoms with Crippen LogP contribution >= 0.6 is 0 Å². The summed E-state index contributed by atoms with van der Waals surface area (Å²) < 4.78 is 11.7. The van der Waals surface area contributed by atoms with E-state index in [0.717, 1.165) is 34.1 Å². The van der Waals surface area contributed by atoms with Crippen LogP contribution in [-0.2, 0) is 0 Å². The molecule has 0 aromatic heterocycles. The predicted octanol–water partition coefficient (Wildman–Crippen LogP) is 6.94. The lowest BCUT2D eigenvalue weighted by atomic mass is 10.1. The van der Waals surface area contributed by atoms with Crippen molar-refractivity contribution in [2.45, 2.75) is 0 Å². The van der Waals surface area contributed by atoms with Crippen LogP contribution in [0.5, 0.6) is 23.0 Å². The third kappa shape index (κ3) is 3.93. The summed E-state index contributed by atoms with van der Waals surface area (Å²) in [5.74, 6) is 3.32. The second-order valence-electron chi connectivity index (χ2n) is 5.88. The van der Waals surface area contributed by atoms with Gasteiger partial charge >= 0.3 is 0 Å². The molecule has 0 amide bonds. The number of benzene rings is 4. The van der Waals surface area contributed by atoms with Crippen LogP contribution in [0.2, 0.25) is 0 Å². The topological polar surface area (TPSA) is 18.5 Å². The summed E-state index contributed by atoms with van der Waals surface area (Å²) in [6.07, 6.45) is 0. The van der Waals surface area contributed by atoms with Crippen LogP contribution in [0.15, 0.2) is 109 Å². The Hall–Kier alpha value is -3.52. The molecule has 0 spiro atoms. The molecule has 4 aromatic carbocycles. The van der Waals surface area contributed by atoms with Crippen molar-refractivity contribution in [3.63, 3.8) is 0 Å². The number of ether oxygens (including phenoxy) is 2. The van der Waals surface area contributed by atoms with Crippen LogP contribution in [0, 0.1) is 0 Å². The third-order valence-corrected chi connectivity index (χ3v) is 4.00. The van der Waals surface area contributed by atoms with Crippen molar-refractivity contribution in [1.82, 2.24) is 0 Å². The molecule has 0 aliphatic carbocycles. The molecule has 0 saturated carbocycles. The zero-order valence-corrected chi connectivity index (χ0v) is 14.2. The largest absolute Gasteiger partial charge is 0.457 e. The maximum atomic E-state index is 5.83. The molecule has 2 heteroatoms. The summed E-state index contributed by atoms with van der Waals surface area (Å²) in [5.41, 5.74) is 2.27. The molecule has 0 fully saturated rings. The van der Waals surface area contributed by atoms with Gasteiger partial charge in [0.2, 0.25) is 0 Å². The molecule has 0 radical (unpaired) electrons. The summed E-state index contributed by atoms with van der Waals surface area (Å²) in [6.45, 7) is 0. The fraction of sp³-hybridized carbons (Fsp3) is 0. The zero-order chi connectivity index (χ0) is 17.6. The Bertz CT molecular complexity index is 861. The molecule has 0 bridgehead atoms. The quantitative estimate of drug-likeness (QED) is 0.392. The Balaban J connectivity index is 1.45. The van der Waals surface area contributed by atoms with Gasteiger partial charge in [-0.2, -0.15) is 0 Å². The minimum atomic E-state index is 0.823. The first-order valence-corrected chi connectivity index (χ1v) is 8.53. The fourth-order valence-electron chi connectivity index (χ4n) is 2.68. The molecule has 0 saturated heterocycles. The van der Waals surface area contributed by atoms with Crippen LogP contribution < -0.4 is 9.47 Å². The van der Waals surface area contributed by atoms with E-state index in [9.17, 15) is 0 Å². The van der Waals surface area contributed by atoms with Crippen molar-refractivity contribution in [3.8, 4) is 34.1 Å². The molecule has 4 aromatic rings. The smallest absolute Gasteiger partial charge is 0.127 e. The minimum Gasteiger partial charge on any atom is -0.457 e. The molecule has 0 unspecified atom stereocenters. The number of hydrogen-bond acceptors (Lipinski definition) is 2. The highest BCUT2D eigenvalue weighted by Gasteiger charge is 2.02. The van der Waals surface area contributed by atoms with Gasteiger partial charge in [-0.15, -0.1) is 0 Å². The van der Waals surface area contributed by atoms with Gasteiger partial charge in [0.25, 0.3) is 0 Å². The molecule has 0 N–H and O–H groups in total. The average Bonchev–Trinajstić information content (AvgIpc) is 2.71. The lowest BCUT2D eigenvalue weighted by molar-refractivity contribution is 0.482. The van der Waals surface area contributed by atoms with Gasteiger partial charge in [-0.05, 0) is 59.7 Å². The normalized spacial score (nSPS) is 10.3. The van der Waals surface area contributed by atoms with E-state index in [2.05, 4.69) is 24.3 Å². The van der Waals surface area contributed by atoms with E-state index in [1.54, 1.807) is 0 Å². The first-order valence-electron chi connectivity index (χ1n) is 8.53. The van der Waals surface area contributed by atoms with Crippen molar-refractivity contribution < 1.29 is 9.47 Å². The van der Waals surface area contributed by atoms with Crippen LogP contribution in [0.3, 0.4) is 0 Å². The maximum Gasteiger partial charge on any atom is 0.127 e. The van der Waals surface area contributed by atoms with Crippen LogP contribution in [0.1, 0.15) is 0 Å². The standard InChI is InChI=1S/C24H18O2/c1-3-7-21(8-4-1)25-23-15-11-19(12-16-23)20-13-17-24(18-14-20)26-22-9-5-2-6-10-22/h1-18H. The summed E-state index contributed by atoms with van der Waals surface area (Å²) in [6, 6.07) is 35.7. The predicted molar refractivity (Wildman–Crippen MR) is 105 cm³/mol. The van der Waals surface area contributed by atoms with E-state index in [1.165, 1.54) is 0 Å². The summed E-state index contributed by atoms with van der Waals surface area (Å²) in [4.78, 5) is 0. The van der Waals surface area contributed by atoms with Crippen molar-refractivity contribution in [3.05, 3.63) is 109 Å². The zero-order valence-electron chi connectivity index (χ0n) is 14.2. The molecule has 4 rings (SSSR count). The second kappa shape index (κ2) is 7.58. The number of rotatable bonds is 5. The molecule has 26 heavy (non-hydrogen) atoms. The van der Waals surface area contributed by atoms with Crippen LogP contribution in [0.25, 0.3) is 11.1 Å². The van der Waals surface area contributed by atoms with Gasteiger partial charge < -0.3 is 9.47 Å². The lowest BCUT2D eigenvalue weighted by Gasteiger charge is -2.08. The van der Waals surface area contributed by atoms with Crippen molar-refractivity contribution in [1.29, 1.82) is 0 Å². The molecule has 0 aliphatic rings. The Morgan fingerprint density at radius 3 is 0.962 bits per heavy atom. The van der Waals surface area contributed by atoms with E-state index >= 15 is 0 Å². The molecule has 0 aliphatic heterocycles. The van der Waals surface area contributed by atoms with Gasteiger partial charge in [0, 0.05) is 0 Å². The lowest BCUT2D eigenvalue weighted by Crippen LogP contribution is -1.85. The minimum absolute atomic E-state index is 0.823. The summed E-state index contributed by atoms with van der Waals surface area (Å²) in [7, 11) is 0. The molecule has 0 heterocycles. The maximum absolute atomic E-state index is 5.83. The van der Waals surface area contributed by atoms with E-state index in [0.29, 0.717) is 0 Å². The van der Waals surface area contributed by atoms with Crippen molar-refractivity contribution in [2.24, 2.45) is 0 Å². The van der Waals surface area contributed by atoms with Crippen LogP contribution in [-0.4, -0.2) is 0 Å². The van der Waals surface area contributed by atoms with Crippen LogP contribution in [0.4, 0.5) is 0 Å². The van der Waals surface area contributed by atoms with Crippen molar-refractivity contribution >= 4 is 0 Å². The third-order valence-electron chi connectivity index (χ3n) is 4.00. The van der Waals surface area contributed by atoms with Gasteiger partial charge in [0.1, 0.15) is 23.0 Å². The summed E-state index contributed by atoms with van der Waals surface area (Å²) >= 11 is 0. The highest BCUT2D eigenvalue weighted by atomic mass is 16.5. The molecular formula is C24H18O2. The first kappa shape index (κ1) is 16.0. The van der Waals surface area contributed by atoms with Gasteiger partial charge in [-0.1, -0.05) is 60.7 Å². The Morgan fingerprint density at radius 1 is 0.308 bits per heavy atom. The molecule has 126 valence electrons. The average molecular weight is 338 g/mol. The first-order chi connectivity index (χ1) is 12.9. The van der Waals surface area contributed by atoms with E-state index in [-0.39, 0.29) is 0 Å². The monoisotopic (exact) mass is 338 g/mol. The molecule has 2 nitrogen and oxygen atoms in total. The van der Waals surface area contributed by atoms with E-state index in [4.69, 9.17) is 9.47 Å².